The minimum Gasteiger partial charge on any atom is -0.393 e. The number of aliphatic hydroxyl groups excluding tert-OH is 3. The first-order chi connectivity index (χ1) is 8.52. The Morgan fingerprint density at radius 2 is 2.11 bits per heavy atom. The summed E-state index contributed by atoms with van der Waals surface area (Å²) in [4.78, 5) is 24.5. The maximum absolute atomic E-state index is 11.5. The highest BCUT2D eigenvalue weighted by Gasteiger charge is 2.48. The van der Waals surface area contributed by atoms with Gasteiger partial charge in [-0.3, -0.25) is 14.3 Å². The summed E-state index contributed by atoms with van der Waals surface area (Å²) < 4.78 is 6.45. The molecule has 100 valence electrons. The third-order valence-electron chi connectivity index (χ3n) is 3.10. The molecule has 0 radical (unpaired) electrons. The fourth-order valence-electron chi connectivity index (χ4n) is 1.96. The van der Waals surface area contributed by atoms with E-state index in [1.807, 2.05) is 0 Å². The molecule has 8 nitrogen and oxygen atoms in total. The SMILES string of the molecule is O=c1ccn([C@H]2C[C@H](O)C(CO)(CO)O2)c(=O)[nH]1. The van der Waals surface area contributed by atoms with Crippen molar-refractivity contribution in [2.24, 2.45) is 0 Å². The van der Waals surface area contributed by atoms with E-state index in [-0.39, 0.29) is 6.42 Å². The summed E-state index contributed by atoms with van der Waals surface area (Å²) in [7, 11) is 0. The topological polar surface area (TPSA) is 125 Å². The van der Waals surface area contributed by atoms with Crippen LogP contribution in [0.1, 0.15) is 12.6 Å². The summed E-state index contributed by atoms with van der Waals surface area (Å²) in [6.07, 6.45) is -0.670. The van der Waals surface area contributed by atoms with Crippen LogP contribution < -0.4 is 11.2 Å². The number of aliphatic hydroxyl groups is 3. The standard InChI is InChI=1S/C10H14N2O6/c13-4-10(5-14)6(15)3-8(18-10)12-2-1-7(16)11-9(12)17/h1-2,6,8,13-15H,3-5H2,(H,11,16,17)/t6-,8+/m0/s1. The second kappa shape index (κ2) is 4.65. The molecule has 2 atom stereocenters. The molecular weight excluding hydrogens is 244 g/mol. The van der Waals surface area contributed by atoms with E-state index in [1.165, 1.54) is 6.20 Å². The first-order valence-corrected chi connectivity index (χ1v) is 5.41. The van der Waals surface area contributed by atoms with Gasteiger partial charge in [-0.1, -0.05) is 0 Å². The van der Waals surface area contributed by atoms with Crippen LogP contribution >= 0.6 is 0 Å². The van der Waals surface area contributed by atoms with Gasteiger partial charge in [0.05, 0.1) is 19.3 Å². The molecular formula is C10H14N2O6. The zero-order chi connectivity index (χ0) is 13.3. The molecule has 1 fully saturated rings. The molecule has 8 heteroatoms. The minimum atomic E-state index is -1.49. The van der Waals surface area contributed by atoms with Crippen molar-refractivity contribution in [1.29, 1.82) is 0 Å². The molecule has 1 aliphatic rings. The van der Waals surface area contributed by atoms with Crippen LogP contribution in [0.25, 0.3) is 0 Å². The lowest BCUT2D eigenvalue weighted by Crippen LogP contribution is -2.46. The second-order valence-electron chi connectivity index (χ2n) is 4.22. The van der Waals surface area contributed by atoms with Crippen LogP contribution in [-0.4, -0.2) is 49.8 Å². The van der Waals surface area contributed by atoms with E-state index in [4.69, 9.17) is 4.74 Å². The molecule has 1 aromatic heterocycles. The molecule has 0 spiro atoms. The average Bonchev–Trinajstić information content (AvgIpc) is 2.67. The van der Waals surface area contributed by atoms with Crippen molar-refractivity contribution >= 4 is 0 Å². The van der Waals surface area contributed by atoms with Crippen molar-refractivity contribution in [2.75, 3.05) is 13.2 Å². The molecule has 1 aliphatic heterocycles. The number of nitrogens with one attached hydrogen (secondary N) is 1. The van der Waals surface area contributed by atoms with E-state index < -0.39 is 42.4 Å². The highest BCUT2D eigenvalue weighted by atomic mass is 16.6. The second-order valence-corrected chi connectivity index (χ2v) is 4.22. The Hall–Kier alpha value is -1.48. The van der Waals surface area contributed by atoms with Gasteiger partial charge in [0.25, 0.3) is 5.56 Å². The van der Waals surface area contributed by atoms with E-state index in [0.29, 0.717) is 0 Å². The molecule has 0 saturated carbocycles. The van der Waals surface area contributed by atoms with Gasteiger partial charge in [0.15, 0.2) is 0 Å². The van der Waals surface area contributed by atoms with E-state index in [9.17, 15) is 24.9 Å². The molecule has 0 aromatic carbocycles. The van der Waals surface area contributed by atoms with Crippen molar-refractivity contribution < 1.29 is 20.1 Å². The highest BCUT2D eigenvalue weighted by Crippen LogP contribution is 2.35. The fourth-order valence-corrected chi connectivity index (χ4v) is 1.96. The van der Waals surface area contributed by atoms with Gasteiger partial charge < -0.3 is 20.1 Å². The smallest absolute Gasteiger partial charge is 0.330 e. The van der Waals surface area contributed by atoms with Crippen LogP contribution in [0.5, 0.6) is 0 Å². The Bertz CT molecular complexity index is 532. The number of nitrogens with zero attached hydrogens (tertiary/aromatic N) is 1. The summed E-state index contributed by atoms with van der Waals surface area (Å²) in [6.45, 7) is -1.14. The molecule has 0 amide bonds. The van der Waals surface area contributed by atoms with Crippen molar-refractivity contribution in [3.05, 3.63) is 33.1 Å². The number of hydrogen-bond acceptors (Lipinski definition) is 6. The Morgan fingerprint density at radius 3 is 2.61 bits per heavy atom. The third-order valence-corrected chi connectivity index (χ3v) is 3.10. The monoisotopic (exact) mass is 258 g/mol. The number of aromatic amines is 1. The van der Waals surface area contributed by atoms with Crippen LogP contribution in [0.3, 0.4) is 0 Å². The van der Waals surface area contributed by atoms with Crippen LogP contribution in [0.15, 0.2) is 21.9 Å². The molecule has 2 rings (SSSR count). The molecule has 1 saturated heterocycles. The maximum atomic E-state index is 11.5. The Balaban J connectivity index is 2.32. The summed E-state index contributed by atoms with van der Waals surface area (Å²) in [5, 5.41) is 28.1. The molecule has 0 bridgehead atoms. The third kappa shape index (κ3) is 1.99. The molecule has 2 heterocycles. The highest BCUT2D eigenvalue weighted by molar-refractivity contribution is 4.96. The summed E-state index contributed by atoms with van der Waals surface area (Å²) >= 11 is 0. The van der Waals surface area contributed by atoms with Crippen LogP contribution in [0.2, 0.25) is 0 Å². The van der Waals surface area contributed by atoms with Gasteiger partial charge in [0.1, 0.15) is 11.8 Å². The van der Waals surface area contributed by atoms with Crippen LogP contribution in [0.4, 0.5) is 0 Å². The van der Waals surface area contributed by atoms with Gasteiger partial charge in [-0.2, -0.15) is 0 Å². The number of aromatic nitrogens is 2. The summed E-state index contributed by atoms with van der Waals surface area (Å²) in [5.41, 5.74) is -2.70. The van der Waals surface area contributed by atoms with E-state index in [2.05, 4.69) is 4.98 Å². The van der Waals surface area contributed by atoms with Gasteiger partial charge in [-0.15, -0.1) is 0 Å². The van der Waals surface area contributed by atoms with Gasteiger partial charge in [0, 0.05) is 18.7 Å². The first-order valence-electron chi connectivity index (χ1n) is 5.41. The number of hydrogen-bond donors (Lipinski definition) is 4. The van der Waals surface area contributed by atoms with Crippen molar-refractivity contribution in [1.82, 2.24) is 9.55 Å². The van der Waals surface area contributed by atoms with E-state index in [0.717, 1.165) is 10.6 Å². The molecule has 0 unspecified atom stereocenters. The molecule has 0 aliphatic carbocycles. The van der Waals surface area contributed by atoms with Crippen molar-refractivity contribution in [3.63, 3.8) is 0 Å². The lowest BCUT2D eigenvalue weighted by atomic mass is 9.99. The first kappa shape index (κ1) is 13.0. The normalized spacial score (nSPS) is 26.4. The minimum absolute atomic E-state index is 0.0348. The Labute approximate surface area is 101 Å². The number of H-pyrrole nitrogens is 1. The lowest BCUT2D eigenvalue weighted by Gasteiger charge is -2.27. The molecule has 18 heavy (non-hydrogen) atoms. The van der Waals surface area contributed by atoms with Crippen molar-refractivity contribution in [2.45, 2.75) is 24.4 Å². The summed E-state index contributed by atoms with van der Waals surface area (Å²) in [6, 6.07) is 1.15. The van der Waals surface area contributed by atoms with Gasteiger partial charge in [0.2, 0.25) is 0 Å². The Kier molecular flexibility index (Phi) is 3.35. The van der Waals surface area contributed by atoms with Gasteiger partial charge in [-0.25, -0.2) is 4.79 Å². The molecule has 1 aromatic rings. The van der Waals surface area contributed by atoms with E-state index in [1.54, 1.807) is 0 Å². The zero-order valence-corrected chi connectivity index (χ0v) is 9.44. The lowest BCUT2D eigenvalue weighted by molar-refractivity contribution is -0.150. The average molecular weight is 258 g/mol. The predicted molar refractivity (Wildman–Crippen MR) is 59.0 cm³/mol. The predicted octanol–water partition coefficient (Wildman–Crippen LogP) is -2.46. The van der Waals surface area contributed by atoms with E-state index >= 15 is 0 Å². The Morgan fingerprint density at radius 1 is 1.44 bits per heavy atom. The number of rotatable bonds is 3. The fraction of sp³-hybridized carbons (Fsp3) is 0.600. The number of ether oxygens (including phenoxy) is 1. The van der Waals surface area contributed by atoms with Gasteiger partial charge >= 0.3 is 5.69 Å². The quantitative estimate of drug-likeness (QED) is 0.476. The van der Waals surface area contributed by atoms with Gasteiger partial charge in [-0.05, 0) is 0 Å². The maximum Gasteiger partial charge on any atom is 0.330 e. The molecule has 4 N–H and O–H groups in total. The van der Waals surface area contributed by atoms with Crippen molar-refractivity contribution in [3.8, 4) is 0 Å². The van der Waals surface area contributed by atoms with Crippen LogP contribution in [-0.2, 0) is 4.74 Å². The summed E-state index contributed by atoms with van der Waals surface area (Å²) in [5.74, 6) is 0. The zero-order valence-electron chi connectivity index (χ0n) is 9.44. The largest absolute Gasteiger partial charge is 0.393 e. The van der Waals surface area contributed by atoms with Crippen LogP contribution in [0, 0.1) is 0 Å².